The highest BCUT2D eigenvalue weighted by atomic mass is 32.1. The van der Waals surface area contributed by atoms with Crippen LogP contribution in [0.3, 0.4) is 0 Å². The number of rotatable bonds is 6. The van der Waals surface area contributed by atoms with Crippen molar-refractivity contribution in [1.29, 1.82) is 0 Å². The summed E-state index contributed by atoms with van der Waals surface area (Å²) in [5, 5.41) is 11.7. The van der Waals surface area contributed by atoms with Gasteiger partial charge in [0.15, 0.2) is 5.65 Å². The Bertz CT molecular complexity index is 1320. The number of amides is 1. The van der Waals surface area contributed by atoms with Crippen molar-refractivity contribution >= 4 is 28.3 Å². The third-order valence-corrected chi connectivity index (χ3v) is 7.48. The van der Waals surface area contributed by atoms with Gasteiger partial charge in [0.25, 0.3) is 0 Å². The van der Waals surface area contributed by atoms with E-state index in [1.54, 1.807) is 11.3 Å². The number of thiophene rings is 1. The first-order valence-corrected chi connectivity index (χ1v) is 12.4. The lowest BCUT2D eigenvalue weighted by Gasteiger charge is -2.34. The minimum Gasteiger partial charge on any atom is -0.340 e. The molecule has 5 heterocycles. The van der Waals surface area contributed by atoms with E-state index < -0.39 is 0 Å². The van der Waals surface area contributed by atoms with Crippen molar-refractivity contribution in [1.82, 2.24) is 34.7 Å². The van der Waals surface area contributed by atoms with Crippen LogP contribution < -0.4 is 0 Å². The Labute approximate surface area is 202 Å². The predicted molar refractivity (Wildman–Crippen MR) is 131 cm³/mol. The minimum absolute atomic E-state index is 0.194. The lowest BCUT2D eigenvalue weighted by atomic mass is 9.99. The van der Waals surface area contributed by atoms with E-state index in [1.165, 1.54) is 5.56 Å². The first kappa shape index (κ1) is 22.7. The fourth-order valence-electron chi connectivity index (χ4n) is 4.79. The van der Waals surface area contributed by atoms with Crippen molar-refractivity contribution in [3.8, 4) is 10.7 Å². The van der Waals surface area contributed by atoms with Crippen molar-refractivity contribution in [2.75, 3.05) is 26.2 Å². The largest absolute Gasteiger partial charge is 0.340 e. The molecule has 4 aromatic rings. The summed E-state index contributed by atoms with van der Waals surface area (Å²) in [6.07, 6.45) is 1.18. The topological polar surface area (TPSA) is 93.2 Å². The summed E-state index contributed by atoms with van der Waals surface area (Å²) in [6, 6.07) is 3.96. The molecule has 0 aliphatic carbocycles. The van der Waals surface area contributed by atoms with E-state index in [0.717, 1.165) is 46.0 Å². The van der Waals surface area contributed by atoms with Crippen molar-refractivity contribution in [3.63, 3.8) is 0 Å². The molecule has 0 saturated carbocycles. The van der Waals surface area contributed by atoms with Gasteiger partial charge < -0.3 is 9.42 Å². The van der Waals surface area contributed by atoms with Gasteiger partial charge in [0.1, 0.15) is 0 Å². The molecule has 1 saturated heterocycles. The fourth-order valence-corrected chi connectivity index (χ4v) is 5.44. The third-order valence-electron chi connectivity index (χ3n) is 6.61. The average Bonchev–Trinajstić information content (AvgIpc) is 3.55. The summed E-state index contributed by atoms with van der Waals surface area (Å²) in [6.45, 7) is 9.77. The highest BCUT2D eigenvalue weighted by Gasteiger charge is 2.23. The second-order valence-corrected chi connectivity index (χ2v) is 9.80. The standard InChI is InChI=1S/C24H29N7O2S/c1-15-18(16(2)25-24-22(15)17(3)27-29(24)4)7-8-21(32)31-11-9-30(10-12-31)14-20-26-23(28-33-20)19-6-5-13-34-19/h5-6,13H,7-12,14H2,1-4H3. The normalized spacial score (nSPS) is 14.9. The molecule has 9 nitrogen and oxygen atoms in total. The Hall–Kier alpha value is -3.11. The van der Waals surface area contributed by atoms with Gasteiger partial charge in [0.2, 0.25) is 17.6 Å². The van der Waals surface area contributed by atoms with Crippen LogP contribution in [0, 0.1) is 20.8 Å². The molecule has 0 atom stereocenters. The molecule has 0 bridgehead atoms. The quantitative estimate of drug-likeness (QED) is 0.419. The first-order valence-electron chi connectivity index (χ1n) is 11.6. The van der Waals surface area contributed by atoms with Crippen LogP contribution in [0.15, 0.2) is 22.0 Å². The second kappa shape index (κ2) is 9.27. The zero-order chi connectivity index (χ0) is 23.8. The molecule has 178 valence electrons. The molecule has 10 heteroatoms. The van der Waals surface area contributed by atoms with Crippen molar-refractivity contribution in [2.24, 2.45) is 7.05 Å². The Kier molecular flexibility index (Phi) is 6.18. The maximum Gasteiger partial charge on any atom is 0.241 e. The maximum absolute atomic E-state index is 13.0. The van der Waals surface area contributed by atoms with Gasteiger partial charge in [-0.25, -0.2) is 4.98 Å². The highest BCUT2D eigenvalue weighted by molar-refractivity contribution is 7.13. The maximum atomic E-state index is 13.0. The molecule has 1 aliphatic heterocycles. The number of nitrogens with zero attached hydrogens (tertiary/aromatic N) is 7. The Balaban J connectivity index is 1.16. The Morgan fingerprint density at radius 1 is 1.12 bits per heavy atom. The van der Waals surface area contributed by atoms with Gasteiger partial charge in [-0.3, -0.25) is 14.4 Å². The number of hydrogen-bond donors (Lipinski definition) is 0. The molecule has 1 aliphatic rings. The lowest BCUT2D eigenvalue weighted by molar-refractivity contribution is -0.133. The fraction of sp³-hybridized carbons (Fsp3) is 0.458. The molecular weight excluding hydrogens is 450 g/mol. The van der Waals surface area contributed by atoms with E-state index in [2.05, 4.69) is 27.1 Å². The van der Waals surface area contributed by atoms with Crippen LogP contribution in [0.1, 0.15) is 34.8 Å². The summed E-state index contributed by atoms with van der Waals surface area (Å²) in [5.41, 5.74) is 5.21. The van der Waals surface area contributed by atoms with Gasteiger partial charge in [0, 0.05) is 50.7 Å². The molecule has 1 amide bonds. The van der Waals surface area contributed by atoms with E-state index in [1.807, 2.05) is 48.0 Å². The summed E-state index contributed by atoms with van der Waals surface area (Å²) in [5.74, 6) is 1.44. The zero-order valence-electron chi connectivity index (χ0n) is 20.0. The smallest absolute Gasteiger partial charge is 0.241 e. The van der Waals surface area contributed by atoms with E-state index >= 15 is 0 Å². The number of fused-ring (bicyclic) bond motifs is 1. The van der Waals surface area contributed by atoms with Crippen LogP contribution in [0.4, 0.5) is 0 Å². The number of piperazine rings is 1. The lowest BCUT2D eigenvalue weighted by Crippen LogP contribution is -2.48. The van der Waals surface area contributed by atoms with Crippen LogP contribution in [-0.2, 0) is 24.8 Å². The third kappa shape index (κ3) is 4.35. The molecule has 4 aromatic heterocycles. The number of carbonyl (C=O) groups is 1. The number of hydrogen-bond acceptors (Lipinski definition) is 8. The monoisotopic (exact) mass is 479 g/mol. The van der Waals surface area contributed by atoms with Crippen LogP contribution in [0.5, 0.6) is 0 Å². The van der Waals surface area contributed by atoms with Crippen LogP contribution in [0.2, 0.25) is 0 Å². The van der Waals surface area contributed by atoms with E-state index in [-0.39, 0.29) is 5.91 Å². The van der Waals surface area contributed by atoms with Crippen LogP contribution >= 0.6 is 11.3 Å². The number of aromatic nitrogens is 5. The van der Waals surface area contributed by atoms with E-state index in [4.69, 9.17) is 9.51 Å². The van der Waals surface area contributed by atoms with Crippen molar-refractivity contribution < 1.29 is 9.32 Å². The number of aryl methyl sites for hydroxylation is 4. The summed E-state index contributed by atoms with van der Waals surface area (Å²) < 4.78 is 7.26. The van der Waals surface area contributed by atoms with Gasteiger partial charge in [-0.15, -0.1) is 11.3 Å². The summed E-state index contributed by atoms with van der Waals surface area (Å²) >= 11 is 1.59. The first-order chi connectivity index (χ1) is 16.4. The molecule has 0 N–H and O–H groups in total. The van der Waals surface area contributed by atoms with Crippen LogP contribution in [0.25, 0.3) is 21.7 Å². The average molecular weight is 480 g/mol. The molecule has 34 heavy (non-hydrogen) atoms. The van der Waals surface area contributed by atoms with Crippen LogP contribution in [-0.4, -0.2) is 66.8 Å². The van der Waals surface area contributed by atoms with Gasteiger partial charge in [-0.1, -0.05) is 11.2 Å². The van der Waals surface area contributed by atoms with E-state index in [9.17, 15) is 4.79 Å². The van der Waals surface area contributed by atoms with Gasteiger partial charge in [-0.05, 0) is 49.8 Å². The molecule has 0 radical (unpaired) electrons. The highest BCUT2D eigenvalue weighted by Crippen LogP contribution is 2.26. The molecular formula is C24H29N7O2S. The number of carbonyl (C=O) groups excluding carboxylic acids is 1. The summed E-state index contributed by atoms with van der Waals surface area (Å²) in [7, 11) is 1.92. The van der Waals surface area contributed by atoms with Crippen molar-refractivity contribution in [3.05, 3.63) is 45.9 Å². The number of pyridine rings is 1. The molecule has 0 aromatic carbocycles. The molecule has 0 spiro atoms. The molecule has 1 fully saturated rings. The summed E-state index contributed by atoms with van der Waals surface area (Å²) in [4.78, 5) is 27.5. The zero-order valence-corrected chi connectivity index (χ0v) is 20.9. The van der Waals surface area contributed by atoms with Gasteiger partial charge in [0.05, 0.1) is 17.1 Å². The SMILES string of the molecule is Cc1nc2c(c(C)nn2C)c(C)c1CCC(=O)N1CCN(Cc2nc(-c3cccs3)no2)CC1. The Morgan fingerprint density at radius 2 is 1.91 bits per heavy atom. The minimum atomic E-state index is 0.194. The Morgan fingerprint density at radius 3 is 2.65 bits per heavy atom. The molecule has 5 rings (SSSR count). The van der Waals surface area contributed by atoms with E-state index in [0.29, 0.717) is 44.2 Å². The second-order valence-electron chi connectivity index (χ2n) is 8.85. The van der Waals surface area contributed by atoms with Crippen molar-refractivity contribution in [2.45, 2.75) is 40.2 Å². The predicted octanol–water partition coefficient (Wildman–Crippen LogP) is 3.28. The van der Waals surface area contributed by atoms with Gasteiger partial charge >= 0.3 is 0 Å². The molecule has 0 unspecified atom stereocenters. The van der Waals surface area contributed by atoms with Gasteiger partial charge in [-0.2, -0.15) is 10.1 Å².